The average Bonchev–Trinajstić information content (AvgIpc) is 2.92. The Labute approximate surface area is 162 Å². The summed E-state index contributed by atoms with van der Waals surface area (Å²) in [5, 5.41) is 50.5. The van der Waals surface area contributed by atoms with Crippen molar-refractivity contribution in [2.24, 2.45) is 0 Å². The summed E-state index contributed by atoms with van der Waals surface area (Å²) in [7, 11) is 0. The molecule has 0 bridgehead atoms. The summed E-state index contributed by atoms with van der Waals surface area (Å²) < 4.78 is 18.5. The molecule has 11 nitrogen and oxygen atoms in total. The zero-order valence-electron chi connectivity index (χ0n) is 15.0. The predicted molar refractivity (Wildman–Crippen MR) is 93.3 cm³/mol. The van der Waals surface area contributed by atoms with Crippen molar-refractivity contribution >= 4 is 0 Å². The Balaban J connectivity index is 2.16. The van der Waals surface area contributed by atoms with Gasteiger partial charge in [-0.25, -0.2) is 13.8 Å². The Morgan fingerprint density at radius 1 is 1.24 bits per heavy atom. The lowest BCUT2D eigenvalue weighted by Crippen LogP contribution is -2.68. The zero-order valence-corrected chi connectivity index (χ0v) is 15.0. The van der Waals surface area contributed by atoms with Crippen LogP contribution in [0.25, 0.3) is 0 Å². The molecule has 1 saturated heterocycles. The number of nitrogens with one attached hydrogen (secondary N) is 1. The number of rotatable bonds is 6. The van der Waals surface area contributed by atoms with Crippen LogP contribution in [0.5, 0.6) is 0 Å². The van der Waals surface area contributed by atoms with Gasteiger partial charge in [0.2, 0.25) is 5.72 Å². The van der Waals surface area contributed by atoms with E-state index in [0.717, 1.165) is 6.20 Å². The molecule has 0 saturated carbocycles. The van der Waals surface area contributed by atoms with Crippen molar-refractivity contribution in [1.29, 1.82) is 0 Å². The van der Waals surface area contributed by atoms with Gasteiger partial charge in [-0.3, -0.25) is 9.78 Å². The summed E-state index contributed by atoms with van der Waals surface area (Å²) in [6.07, 6.45) is -3.04. The molecule has 1 aliphatic heterocycles. The van der Waals surface area contributed by atoms with Crippen LogP contribution in [-0.2, 0) is 17.1 Å². The van der Waals surface area contributed by atoms with Crippen LogP contribution in [-0.4, -0.2) is 71.6 Å². The molecule has 158 valence electrons. The van der Waals surface area contributed by atoms with Gasteiger partial charge in [0.15, 0.2) is 6.80 Å². The number of aliphatic hydroxyl groups is 4. The van der Waals surface area contributed by atoms with E-state index in [4.69, 9.17) is 4.74 Å². The van der Waals surface area contributed by atoms with Gasteiger partial charge in [0.1, 0.15) is 12.2 Å². The number of halogens is 1. The molecular formula is C17H20FN3O8. The minimum atomic E-state index is -3.29. The smallest absolute Gasteiger partial charge is 0.332 e. The van der Waals surface area contributed by atoms with Crippen LogP contribution < -0.4 is 11.2 Å². The van der Waals surface area contributed by atoms with Gasteiger partial charge in [-0.05, 0) is 5.56 Å². The van der Waals surface area contributed by atoms with Crippen molar-refractivity contribution in [3.8, 4) is 0 Å². The Hall–Kier alpha value is -2.45. The Morgan fingerprint density at radius 2 is 1.90 bits per heavy atom. The molecule has 0 aliphatic carbocycles. The van der Waals surface area contributed by atoms with Gasteiger partial charge in [-0.2, -0.15) is 0 Å². The van der Waals surface area contributed by atoms with Crippen LogP contribution in [0.3, 0.4) is 0 Å². The number of aliphatic hydroxyl groups excluding tert-OH is 2. The third-order valence-corrected chi connectivity index (χ3v) is 4.83. The Kier molecular flexibility index (Phi) is 5.69. The molecule has 1 fully saturated rings. The summed E-state index contributed by atoms with van der Waals surface area (Å²) in [4.78, 5) is 26.5. The first-order valence-electron chi connectivity index (χ1n) is 8.52. The number of benzene rings is 1. The summed E-state index contributed by atoms with van der Waals surface area (Å²) in [5.74, 6) is -3.26. The van der Waals surface area contributed by atoms with E-state index in [1.807, 2.05) is 4.98 Å². The van der Waals surface area contributed by atoms with Gasteiger partial charge in [0, 0.05) is 18.2 Å². The number of alkyl halides is 1. The number of nitrogens with zero attached hydrogens (tertiary/aromatic N) is 2. The van der Waals surface area contributed by atoms with Crippen LogP contribution in [0, 0.1) is 0 Å². The van der Waals surface area contributed by atoms with E-state index in [1.165, 1.54) is 0 Å². The van der Waals surface area contributed by atoms with Crippen molar-refractivity contribution in [2.75, 3.05) is 13.4 Å². The van der Waals surface area contributed by atoms with Crippen LogP contribution in [0.2, 0.25) is 0 Å². The first-order chi connectivity index (χ1) is 13.7. The summed E-state index contributed by atoms with van der Waals surface area (Å²) in [5.41, 5.74) is -4.71. The monoisotopic (exact) mass is 413 g/mol. The number of ether oxygens (including phenoxy) is 1. The third-order valence-electron chi connectivity index (χ3n) is 4.83. The van der Waals surface area contributed by atoms with Crippen molar-refractivity contribution in [3.63, 3.8) is 0 Å². The molecule has 2 heterocycles. The largest absolute Gasteiger partial charge is 0.394 e. The SMILES string of the molecule is O=c1[nH]c(=O)n([C@@]2(O)O[C@H](CO)[C@@H](O)[C@]2(O)N(O)CF)cc1Cc1ccccc1. The van der Waals surface area contributed by atoms with Crippen LogP contribution in [0.1, 0.15) is 11.1 Å². The Morgan fingerprint density at radius 3 is 2.48 bits per heavy atom. The maximum absolute atomic E-state index is 13.1. The number of hydrogen-bond donors (Lipinski definition) is 6. The summed E-state index contributed by atoms with van der Waals surface area (Å²) in [6.45, 7) is -2.72. The van der Waals surface area contributed by atoms with E-state index in [2.05, 4.69) is 0 Å². The molecule has 12 heteroatoms. The van der Waals surface area contributed by atoms with Crippen LogP contribution in [0.4, 0.5) is 4.39 Å². The summed E-state index contributed by atoms with van der Waals surface area (Å²) >= 11 is 0. The lowest BCUT2D eigenvalue weighted by atomic mass is 10.0. The fourth-order valence-corrected chi connectivity index (χ4v) is 3.27. The fourth-order valence-electron chi connectivity index (χ4n) is 3.27. The molecule has 0 spiro atoms. The molecule has 1 aromatic heterocycles. The molecule has 2 aromatic rings. The van der Waals surface area contributed by atoms with E-state index in [1.54, 1.807) is 30.3 Å². The predicted octanol–water partition coefficient (Wildman–Crippen LogP) is -2.21. The van der Waals surface area contributed by atoms with Gasteiger partial charge in [0.05, 0.1) is 6.61 Å². The molecule has 0 unspecified atom stereocenters. The second kappa shape index (κ2) is 7.76. The first kappa shape index (κ1) is 21.3. The van der Waals surface area contributed by atoms with Crippen LogP contribution in [0.15, 0.2) is 46.1 Å². The van der Waals surface area contributed by atoms with Crippen molar-refractivity contribution in [3.05, 3.63) is 68.5 Å². The molecule has 3 rings (SSSR count). The molecule has 1 aliphatic rings. The normalized spacial score (nSPS) is 29.5. The van der Waals surface area contributed by atoms with Crippen molar-refractivity contribution in [1.82, 2.24) is 14.6 Å². The van der Waals surface area contributed by atoms with E-state index >= 15 is 0 Å². The second-order valence-electron chi connectivity index (χ2n) is 6.58. The molecule has 4 atom stereocenters. The van der Waals surface area contributed by atoms with Gasteiger partial charge in [0.25, 0.3) is 5.56 Å². The Bertz CT molecular complexity index is 983. The zero-order chi connectivity index (χ0) is 21.4. The average molecular weight is 413 g/mol. The fraction of sp³-hybridized carbons (Fsp3) is 0.412. The van der Waals surface area contributed by atoms with E-state index in [0.29, 0.717) is 10.1 Å². The van der Waals surface area contributed by atoms with Gasteiger partial charge >= 0.3 is 11.6 Å². The number of H-pyrrole nitrogens is 1. The second-order valence-corrected chi connectivity index (χ2v) is 6.58. The molecule has 0 radical (unpaired) electrons. The number of hydrogen-bond acceptors (Lipinski definition) is 9. The number of hydroxylamine groups is 2. The van der Waals surface area contributed by atoms with E-state index in [-0.39, 0.29) is 12.0 Å². The maximum atomic E-state index is 13.1. The standard InChI is InChI=1S/C17H20FN3O8/c18-9-21(28)16(26)13(23)12(8-22)29-17(16,27)20-7-11(14(24)19-15(20)25)6-10-4-2-1-3-5-10/h1-5,7,12-13,22-23,26-28H,6,8-9H2,(H,19,24,25)/t12-,13-,16-,17+/m1/s1. The third kappa shape index (κ3) is 3.30. The molecule has 1 aromatic carbocycles. The first-order valence-corrected chi connectivity index (χ1v) is 8.52. The molecule has 0 amide bonds. The molecule has 6 N–H and O–H groups in total. The highest BCUT2D eigenvalue weighted by molar-refractivity contribution is 5.23. The van der Waals surface area contributed by atoms with Gasteiger partial charge in [-0.1, -0.05) is 30.3 Å². The highest BCUT2D eigenvalue weighted by Crippen LogP contribution is 2.42. The van der Waals surface area contributed by atoms with Crippen molar-refractivity contribution in [2.45, 2.75) is 30.3 Å². The lowest BCUT2D eigenvalue weighted by Gasteiger charge is -2.40. The minimum Gasteiger partial charge on any atom is -0.394 e. The minimum absolute atomic E-state index is 0.0168. The summed E-state index contributed by atoms with van der Waals surface area (Å²) in [6, 6.07) is 8.61. The van der Waals surface area contributed by atoms with Gasteiger partial charge in [-0.15, -0.1) is 5.06 Å². The molecular weight excluding hydrogens is 393 g/mol. The number of aromatic nitrogens is 2. The molecule has 29 heavy (non-hydrogen) atoms. The van der Waals surface area contributed by atoms with E-state index < -0.39 is 53.6 Å². The van der Waals surface area contributed by atoms with Gasteiger partial charge < -0.3 is 30.4 Å². The highest BCUT2D eigenvalue weighted by Gasteiger charge is 2.70. The topological polar surface area (TPSA) is 168 Å². The highest BCUT2D eigenvalue weighted by atomic mass is 19.1. The number of aromatic amines is 1. The van der Waals surface area contributed by atoms with Crippen LogP contribution >= 0.6 is 0 Å². The van der Waals surface area contributed by atoms with Crippen molar-refractivity contribution < 1.29 is 34.8 Å². The quantitative estimate of drug-likeness (QED) is 0.175. The lowest BCUT2D eigenvalue weighted by molar-refractivity contribution is -0.416. The van der Waals surface area contributed by atoms with E-state index in [9.17, 15) is 39.6 Å². The maximum Gasteiger partial charge on any atom is 0.332 e.